The average molecular weight is 270 g/mol. The highest BCUT2D eigenvalue weighted by Gasteiger charge is 2.27. The molecule has 3 N–H and O–H groups in total. The Morgan fingerprint density at radius 3 is 2.70 bits per heavy atom. The topological polar surface area (TPSA) is 66.6 Å². The lowest BCUT2D eigenvalue weighted by molar-refractivity contribution is -0.141. The van der Waals surface area contributed by atoms with E-state index >= 15 is 0 Å². The number of nitrogens with two attached hydrogens (primary N) is 1. The van der Waals surface area contributed by atoms with Gasteiger partial charge in [0.1, 0.15) is 0 Å². The van der Waals surface area contributed by atoms with Crippen molar-refractivity contribution < 1.29 is 9.90 Å². The third-order valence-electron chi connectivity index (χ3n) is 4.06. The molecule has 0 saturated carbocycles. The summed E-state index contributed by atoms with van der Waals surface area (Å²) in [4.78, 5) is 13.2. The number of aliphatic carboxylic acids is 1. The first-order chi connectivity index (χ1) is 9.65. The lowest BCUT2D eigenvalue weighted by atomic mass is 10.0. The van der Waals surface area contributed by atoms with E-state index in [2.05, 4.69) is 11.0 Å². The molecule has 4 heteroatoms. The van der Waals surface area contributed by atoms with Crippen molar-refractivity contribution in [1.82, 2.24) is 4.90 Å². The minimum absolute atomic E-state index is 0.227. The van der Waals surface area contributed by atoms with Crippen LogP contribution in [-0.2, 0) is 11.3 Å². The summed E-state index contributed by atoms with van der Waals surface area (Å²) in [6.07, 6.45) is 0.738. The minimum Gasteiger partial charge on any atom is -0.481 e. The summed E-state index contributed by atoms with van der Waals surface area (Å²) >= 11 is 0. The molecule has 1 heterocycles. The van der Waals surface area contributed by atoms with E-state index in [4.69, 9.17) is 10.8 Å². The fourth-order valence-electron chi connectivity index (χ4n) is 2.94. The molecule has 4 nitrogen and oxygen atoms in total. The van der Waals surface area contributed by atoms with Gasteiger partial charge in [-0.1, -0.05) is 30.3 Å². The number of hydrogen-bond acceptors (Lipinski definition) is 3. The van der Waals surface area contributed by atoms with Crippen molar-refractivity contribution in [3.63, 3.8) is 0 Å². The molecule has 0 aliphatic carbocycles. The van der Waals surface area contributed by atoms with Crippen molar-refractivity contribution in [1.29, 1.82) is 0 Å². The first-order valence-corrected chi connectivity index (χ1v) is 6.86. The standard InChI is InChI=1S/C16H18N2O2/c17-15-6-5-11(13-3-1-2-4-14(13)15)9-18-8-7-12(10-18)16(19)20/h1-6,12H,7-10,17H2,(H,19,20)/t12-/m1/s1. The lowest BCUT2D eigenvalue weighted by Gasteiger charge is -2.17. The Labute approximate surface area is 117 Å². The normalized spacial score (nSPS) is 19.5. The molecule has 2 aromatic rings. The van der Waals surface area contributed by atoms with Crippen LogP contribution in [0.5, 0.6) is 0 Å². The first-order valence-electron chi connectivity index (χ1n) is 6.86. The number of nitrogens with zero attached hydrogens (tertiary/aromatic N) is 1. The number of anilines is 1. The van der Waals surface area contributed by atoms with Crippen molar-refractivity contribution >= 4 is 22.4 Å². The molecule has 1 aliphatic rings. The van der Waals surface area contributed by atoms with Gasteiger partial charge in [-0.3, -0.25) is 9.69 Å². The number of carbonyl (C=O) groups is 1. The Morgan fingerprint density at radius 1 is 1.25 bits per heavy atom. The minimum atomic E-state index is -0.685. The lowest BCUT2D eigenvalue weighted by Crippen LogP contribution is -2.22. The van der Waals surface area contributed by atoms with Gasteiger partial charge in [0.15, 0.2) is 0 Å². The van der Waals surface area contributed by atoms with E-state index < -0.39 is 5.97 Å². The molecule has 1 aliphatic heterocycles. The van der Waals surface area contributed by atoms with Gasteiger partial charge in [-0.05, 0) is 30.0 Å². The fourth-order valence-corrected chi connectivity index (χ4v) is 2.94. The molecule has 104 valence electrons. The van der Waals surface area contributed by atoms with Crippen LogP contribution in [0.25, 0.3) is 10.8 Å². The maximum Gasteiger partial charge on any atom is 0.307 e. The van der Waals surface area contributed by atoms with E-state index in [0.717, 1.165) is 36.0 Å². The van der Waals surface area contributed by atoms with E-state index in [1.165, 1.54) is 5.56 Å². The molecule has 0 bridgehead atoms. The Balaban J connectivity index is 1.85. The number of nitrogen functional groups attached to an aromatic ring is 1. The predicted molar refractivity (Wildman–Crippen MR) is 79.4 cm³/mol. The number of likely N-dealkylation sites (tertiary alicyclic amines) is 1. The number of benzene rings is 2. The van der Waals surface area contributed by atoms with E-state index in [1.54, 1.807) is 0 Å². The molecular weight excluding hydrogens is 252 g/mol. The second kappa shape index (κ2) is 5.13. The van der Waals surface area contributed by atoms with Gasteiger partial charge in [-0.15, -0.1) is 0 Å². The summed E-state index contributed by atoms with van der Waals surface area (Å²) in [6, 6.07) is 12.1. The van der Waals surface area contributed by atoms with Crippen LogP contribution in [0.3, 0.4) is 0 Å². The van der Waals surface area contributed by atoms with Crippen LogP contribution in [0.4, 0.5) is 5.69 Å². The number of hydrogen-bond donors (Lipinski definition) is 2. The summed E-state index contributed by atoms with van der Waals surface area (Å²) in [7, 11) is 0. The Morgan fingerprint density at radius 2 is 2.00 bits per heavy atom. The van der Waals surface area contributed by atoms with E-state index in [1.807, 2.05) is 30.3 Å². The third-order valence-corrected chi connectivity index (χ3v) is 4.06. The molecule has 0 spiro atoms. The van der Waals surface area contributed by atoms with Gasteiger partial charge in [0.2, 0.25) is 0 Å². The second-order valence-corrected chi connectivity index (χ2v) is 5.42. The molecular formula is C16H18N2O2. The predicted octanol–water partition coefficient (Wildman–Crippen LogP) is 2.33. The van der Waals surface area contributed by atoms with Crippen LogP contribution in [0.1, 0.15) is 12.0 Å². The average Bonchev–Trinajstić information content (AvgIpc) is 2.91. The summed E-state index contributed by atoms with van der Waals surface area (Å²) in [5, 5.41) is 11.3. The Hall–Kier alpha value is -2.07. The van der Waals surface area contributed by atoms with Crippen molar-refractivity contribution in [2.24, 2.45) is 5.92 Å². The first kappa shape index (κ1) is 12.9. The highest BCUT2D eigenvalue weighted by Crippen LogP contribution is 2.27. The van der Waals surface area contributed by atoms with Crippen molar-refractivity contribution in [2.45, 2.75) is 13.0 Å². The maximum absolute atomic E-state index is 11.0. The van der Waals surface area contributed by atoms with E-state index in [0.29, 0.717) is 6.54 Å². The van der Waals surface area contributed by atoms with Crippen LogP contribution >= 0.6 is 0 Å². The molecule has 2 aromatic carbocycles. The number of fused-ring (bicyclic) bond motifs is 1. The quantitative estimate of drug-likeness (QED) is 0.840. The third kappa shape index (κ3) is 2.34. The largest absolute Gasteiger partial charge is 0.481 e. The summed E-state index contributed by atoms with van der Waals surface area (Å²) < 4.78 is 0. The van der Waals surface area contributed by atoms with Gasteiger partial charge in [0.25, 0.3) is 0 Å². The summed E-state index contributed by atoms with van der Waals surface area (Å²) in [5.74, 6) is -0.912. The van der Waals surface area contributed by atoms with Gasteiger partial charge in [0.05, 0.1) is 5.92 Å². The smallest absolute Gasteiger partial charge is 0.307 e. The van der Waals surface area contributed by atoms with Crippen molar-refractivity contribution in [3.8, 4) is 0 Å². The molecule has 1 atom stereocenters. The molecule has 0 unspecified atom stereocenters. The molecule has 20 heavy (non-hydrogen) atoms. The molecule has 1 saturated heterocycles. The van der Waals surface area contributed by atoms with Gasteiger partial charge in [-0.2, -0.15) is 0 Å². The molecule has 3 rings (SSSR count). The van der Waals surface area contributed by atoms with Gasteiger partial charge < -0.3 is 10.8 Å². The molecule has 1 fully saturated rings. The van der Waals surface area contributed by atoms with Crippen LogP contribution in [-0.4, -0.2) is 29.1 Å². The summed E-state index contributed by atoms with van der Waals surface area (Å²) in [6.45, 7) is 2.26. The van der Waals surface area contributed by atoms with Crippen LogP contribution in [0.15, 0.2) is 36.4 Å². The molecule has 0 amide bonds. The zero-order chi connectivity index (χ0) is 14.1. The van der Waals surface area contributed by atoms with E-state index in [9.17, 15) is 4.79 Å². The number of carboxylic acid groups (broad SMARTS) is 1. The highest BCUT2D eigenvalue weighted by atomic mass is 16.4. The van der Waals surface area contributed by atoms with Crippen molar-refractivity contribution in [2.75, 3.05) is 18.8 Å². The number of carboxylic acids is 1. The monoisotopic (exact) mass is 270 g/mol. The van der Waals surface area contributed by atoms with Gasteiger partial charge >= 0.3 is 5.97 Å². The SMILES string of the molecule is Nc1ccc(CN2CC[C@@H](C(=O)O)C2)c2ccccc12. The van der Waals surface area contributed by atoms with Gasteiger partial charge in [0, 0.05) is 24.2 Å². The van der Waals surface area contributed by atoms with Crippen LogP contribution in [0, 0.1) is 5.92 Å². The van der Waals surface area contributed by atoms with E-state index in [-0.39, 0.29) is 5.92 Å². The molecule has 0 radical (unpaired) electrons. The van der Waals surface area contributed by atoms with Crippen molar-refractivity contribution in [3.05, 3.63) is 42.0 Å². The number of rotatable bonds is 3. The van der Waals surface area contributed by atoms with Crippen LogP contribution < -0.4 is 5.73 Å². The van der Waals surface area contributed by atoms with Crippen LogP contribution in [0.2, 0.25) is 0 Å². The fraction of sp³-hybridized carbons (Fsp3) is 0.312. The Kier molecular flexibility index (Phi) is 3.32. The molecule has 0 aromatic heterocycles. The van der Waals surface area contributed by atoms with Gasteiger partial charge in [-0.25, -0.2) is 0 Å². The zero-order valence-corrected chi connectivity index (χ0v) is 11.2. The Bertz CT molecular complexity index is 654. The highest BCUT2D eigenvalue weighted by molar-refractivity contribution is 5.95. The zero-order valence-electron chi connectivity index (χ0n) is 11.2. The second-order valence-electron chi connectivity index (χ2n) is 5.42. The summed E-state index contributed by atoms with van der Waals surface area (Å²) in [5.41, 5.74) is 8.00. The maximum atomic E-state index is 11.0.